The summed E-state index contributed by atoms with van der Waals surface area (Å²) >= 11 is 0. The van der Waals surface area contributed by atoms with Crippen molar-refractivity contribution in [3.05, 3.63) is 23.8 Å². The van der Waals surface area contributed by atoms with Crippen molar-refractivity contribution in [1.82, 2.24) is 10.2 Å². The number of anilines is 1. The Bertz CT molecular complexity index is 535. The van der Waals surface area contributed by atoms with E-state index in [1.54, 1.807) is 25.2 Å². The zero-order valence-electron chi connectivity index (χ0n) is 13.2. The fourth-order valence-electron chi connectivity index (χ4n) is 1.80. The Labute approximate surface area is 125 Å². The van der Waals surface area contributed by atoms with Gasteiger partial charge < -0.3 is 20.7 Å². The Morgan fingerprint density at radius 3 is 2.48 bits per heavy atom. The average Bonchev–Trinajstić information content (AvgIpc) is 2.36. The zero-order chi connectivity index (χ0) is 16.2. The summed E-state index contributed by atoms with van der Waals surface area (Å²) < 4.78 is 5.08. The molecule has 1 rings (SSSR count). The van der Waals surface area contributed by atoms with E-state index in [9.17, 15) is 9.59 Å². The van der Waals surface area contributed by atoms with E-state index in [4.69, 9.17) is 10.5 Å². The molecule has 0 heterocycles. The van der Waals surface area contributed by atoms with Crippen molar-refractivity contribution in [2.75, 3.05) is 26.4 Å². The highest BCUT2D eigenvalue weighted by atomic mass is 16.5. The fraction of sp³-hybridized carbons (Fsp3) is 0.467. The van der Waals surface area contributed by atoms with Crippen LogP contribution in [0.3, 0.4) is 0 Å². The molecule has 0 spiro atoms. The van der Waals surface area contributed by atoms with Crippen molar-refractivity contribution in [3.63, 3.8) is 0 Å². The quantitative estimate of drug-likeness (QED) is 0.819. The Kier molecular flexibility index (Phi) is 5.18. The van der Waals surface area contributed by atoms with Gasteiger partial charge in [0.25, 0.3) is 5.91 Å². The van der Waals surface area contributed by atoms with E-state index < -0.39 is 0 Å². The highest BCUT2D eigenvalue weighted by Gasteiger charge is 2.20. The van der Waals surface area contributed by atoms with E-state index in [1.165, 1.54) is 12.0 Å². The summed E-state index contributed by atoms with van der Waals surface area (Å²) in [5.74, 6) is -0.00429. The molecule has 0 aliphatic heterocycles. The number of nitrogen functional groups attached to an aromatic ring is 1. The van der Waals surface area contributed by atoms with Gasteiger partial charge in [-0.2, -0.15) is 0 Å². The third-order valence-corrected chi connectivity index (χ3v) is 2.73. The summed E-state index contributed by atoms with van der Waals surface area (Å²) in [6, 6.07) is 4.85. The highest BCUT2D eigenvalue weighted by Crippen LogP contribution is 2.20. The molecule has 0 bridgehead atoms. The maximum absolute atomic E-state index is 12.3. The van der Waals surface area contributed by atoms with Crippen LogP contribution < -0.4 is 15.8 Å². The molecule has 0 fully saturated rings. The van der Waals surface area contributed by atoms with Gasteiger partial charge in [-0.1, -0.05) is 0 Å². The van der Waals surface area contributed by atoms with Crippen molar-refractivity contribution in [2.24, 2.45) is 0 Å². The van der Waals surface area contributed by atoms with Crippen LogP contribution in [0.4, 0.5) is 5.69 Å². The van der Waals surface area contributed by atoms with E-state index in [-0.39, 0.29) is 23.9 Å². The molecule has 0 saturated carbocycles. The molecule has 0 atom stereocenters. The Morgan fingerprint density at radius 2 is 1.95 bits per heavy atom. The van der Waals surface area contributed by atoms with Gasteiger partial charge in [0.1, 0.15) is 5.75 Å². The number of hydrogen-bond acceptors (Lipinski definition) is 4. The predicted molar refractivity (Wildman–Crippen MR) is 82.3 cm³/mol. The standard InChI is InChI=1S/C15H23N3O3/c1-15(2,3)17-13(19)9-18(4)14(20)11-8-10(21-5)6-7-12(11)16/h6-8H,9,16H2,1-5H3,(H,17,19). The zero-order valence-corrected chi connectivity index (χ0v) is 13.2. The Balaban J connectivity index is 2.81. The Hall–Kier alpha value is -2.24. The lowest BCUT2D eigenvalue weighted by Crippen LogP contribution is -2.46. The molecule has 1 aromatic carbocycles. The molecular formula is C15H23N3O3. The minimum absolute atomic E-state index is 0.0350. The number of benzene rings is 1. The van der Waals surface area contributed by atoms with Gasteiger partial charge in [0.15, 0.2) is 0 Å². The molecule has 2 amide bonds. The summed E-state index contributed by atoms with van der Waals surface area (Å²) in [6.07, 6.45) is 0. The summed E-state index contributed by atoms with van der Waals surface area (Å²) in [6.45, 7) is 5.61. The van der Waals surface area contributed by atoms with Gasteiger partial charge in [0.05, 0.1) is 19.2 Å². The summed E-state index contributed by atoms with van der Waals surface area (Å²) in [4.78, 5) is 25.5. The highest BCUT2D eigenvalue weighted by molar-refractivity contribution is 6.01. The van der Waals surface area contributed by atoms with E-state index in [1.807, 2.05) is 20.8 Å². The number of nitrogens with zero attached hydrogens (tertiary/aromatic N) is 1. The van der Waals surface area contributed by atoms with Crippen molar-refractivity contribution < 1.29 is 14.3 Å². The normalized spacial score (nSPS) is 10.9. The third kappa shape index (κ3) is 4.98. The molecular weight excluding hydrogens is 270 g/mol. The van der Waals surface area contributed by atoms with Gasteiger partial charge in [-0.3, -0.25) is 9.59 Å². The molecule has 116 valence electrons. The molecule has 21 heavy (non-hydrogen) atoms. The number of nitrogens with one attached hydrogen (secondary N) is 1. The second kappa shape index (κ2) is 6.47. The van der Waals surface area contributed by atoms with Gasteiger partial charge in [0.2, 0.25) is 5.91 Å². The monoisotopic (exact) mass is 293 g/mol. The molecule has 0 aliphatic rings. The van der Waals surface area contributed by atoms with Crippen LogP contribution in [0.25, 0.3) is 0 Å². The van der Waals surface area contributed by atoms with Crippen LogP contribution >= 0.6 is 0 Å². The maximum Gasteiger partial charge on any atom is 0.256 e. The largest absolute Gasteiger partial charge is 0.497 e. The number of carbonyl (C=O) groups excluding carboxylic acids is 2. The number of ether oxygens (including phenoxy) is 1. The lowest BCUT2D eigenvalue weighted by Gasteiger charge is -2.23. The minimum Gasteiger partial charge on any atom is -0.497 e. The second-order valence-electron chi connectivity index (χ2n) is 5.91. The fourth-order valence-corrected chi connectivity index (χ4v) is 1.80. The predicted octanol–water partition coefficient (Wildman–Crippen LogP) is 1.26. The number of hydrogen-bond donors (Lipinski definition) is 2. The average molecular weight is 293 g/mol. The molecule has 0 aliphatic carbocycles. The first-order valence-electron chi connectivity index (χ1n) is 6.64. The number of nitrogens with two attached hydrogens (primary N) is 1. The van der Waals surface area contributed by atoms with Crippen LogP contribution in [0.2, 0.25) is 0 Å². The van der Waals surface area contributed by atoms with E-state index in [0.29, 0.717) is 17.0 Å². The maximum atomic E-state index is 12.3. The van der Waals surface area contributed by atoms with Crippen LogP contribution in [-0.4, -0.2) is 43.0 Å². The SMILES string of the molecule is COc1ccc(N)c(C(=O)N(C)CC(=O)NC(C)(C)C)c1. The second-order valence-corrected chi connectivity index (χ2v) is 5.91. The summed E-state index contributed by atoms with van der Waals surface area (Å²) in [7, 11) is 3.07. The third-order valence-electron chi connectivity index (χ3n) is 2.73. The van der Waals surface area contributed by atoms with E-state index >= 15 is 0 Å². The molecule has 6 heteroatoms. The van der Waals surface area contributed by atoms with Gasteiger partial charge in [-0.25, -0.2) is 0 Å². The molecule has 0 unspecified atom stereocenters. The van der Waals surface area contributed by atoms with Crippen LogP contribution in [0.1, 0.15) is 31.1 Å². The van der Waals surface area contributed by atoms with Crippen LogP contribution in [0.15, 0.2) is 18.2 Å². The van der Waals surface area contributed by atoms with E-state index in [2.05, 4.69) is 5.32 Å². The molecule has 6 nitrogen and oxygen atoms in total. The first kappa shape index (κ1) is 16.8. The Morgan fingerprint density at radius 1 is 1.33 bits per heavy atom. The van der Waals surface area contributed by atoms with Crippen molar-refractivity contribution in [1.29, 1.82) is 0 Å². The number of likely N-dealkylation sites (N-methyl/N-ethyl adjacent to an activating group) is 1. The van der Waals surface area contributed by atoms with Crippen molar-refractivity contribution in [3.8, 4) is 5.75 Å². The van der Waals surface area contributed by atoms with Gasteiger partial charge >= 0.3 is 0 Å². The number of carbonyl (C=O) groups is 2. The van der Waals surface area contributed by atoms with Crippen molar-refractivity contribution in [2.45, 2.75) is 26.3 Å². The lowest BCUT2D eigenvalue weighted by atomic mass is 10.1. The summed E-state index contributed by atoms with van der Waals surface area (Å²) in [5, 5.41) is 2.80. The van der Waals surface area contributed by atoms with E-state index in [0.717, 1.165) is 0 Å². The van der Waals surface area contributed by atoms with Crippen LogP contribution in [0, 0.1) is 0 Å². The minimum atomic E-state index is -0.337. The smallest absolute Gasteiger partial charge is 0.256 e. The van der Waals surface area contributed by atoms with Gasteiger partial charge in [-0.05, 0) is 39.0 Å². The molecule has 0 aromatic heterocycles. The van der Waals surface area contributed by atoms with Crippen LogP contribution in [-0.2, 0) is 4.79 Å². The molecule has 3 N–H and O–H groups in total. The first-order valence-corrected chi connectivity index (χ1v) is 6.64. The summed E-state index contributed by atoms with van der Waals surface area (Å²) in [5.41, 5.74) is 6.15. The molecule has 0 saturated heterocycles. The first-order chi connectivity index (χ1) is 9.64. The molecule has 0 radical (unpaired) electrons. The number of methoxy groups -OCH3 is 1. The van der Waals surface area contributed by atoms with Gasteiger partial charge in [0, 0.05) is 18.3 Å². The number of rotatable bonds is 4. The topological polar surface area (TPSA) is 84.7 Å². The van der Waals surface area contributed by atoms with Gasteiger partial charge in [-0.15, -0.1) is 0 Å². The molecule has 1 aromatic rings. The van der Waals surface area contributed by atoms with Crippen LogP contribution in [0.5, 0.6) is 5.75 Å². The number of amides is 2. The lowest BCUT2D eigenvalue weighted by molar-refractivity contribution is -0.122. The van der Waals surface area contributed by atoms with Crippen molar-refractivity contribution >= 4 is 17.5 Å².